The average Bonchev–Trinajstić information content (AvgIpc) is 2.76. The van der Waals surface area contributed by atoms with Crippen molar-refractivity contribution in [1.82, 2.24) is 10.3 Å². The van der Waals surface area contributed by atoms with Crippen molar-refractivity contribution in [2.75, 3.05) is 5.75 Å². The van der Waals surface area contributed by atoms with Crippen molar-refractivity contribution in [2.45, 2.75) is 49.8 Å². The van der Waals surface area contributed by atoms with Crippen LogP contribution in [0.2, 0.25) is 0 Å². The molecule has 3 rings (SSSR count). The molecule has 1 aliphatic carbocycles. The first-order valence-corrected chi connectivity index (χ1v) is 9.40. The molecule has 1 aromatic rings. The highest BCUT2D eigenvalue weighted by Crippen LogP contribution is 2.46. The Bertz CT molecular complexity index is 632. The predicted molar refractivity (Wildman–Crippen MR) is 77.7 cm³/mol. The molecular formula is C13H18N2O3S2. The van der Waals surface area contributed by atoms with Crippen molar-refractivity contribution in [1.29, 1.82) is 0 Å². The number of carbonyl (C=O) groups is 1. The summed E-state index contributed by atoms with van der Waals surface area (Å²) in [6.07, 6.45) is 3.55. The van der Waals surface area contributed by atoms with E-state index < -0.39 is 14.6 Å². The van der Waals surface area contributed by atoms with Crippen molar-refractivity contribution in [3.05, 3.63) is 16.1 Å². The number of nitrogens with one attached hydrogen (secondary N) is 1. The molecule has 1 aromatic heterocycles. The average molecular weight is 314 g/mol. The zero-order valence-corrected chi connectivity index (χ0v) is 13.0. The van der Waals surface area contributed by atoms with E-state index in [1.807, 2.05) is 12.3 Å². The summed E-state index contributed by atoms with van der Waals surface area (Å²) in [4.78, 5) is 16.3. The van der Waals surface area contributed by atoms with Crippen LogP contribution in [-0.4, -0.2) is 35.9 Å². The molecule has 2 heterocycles. The Morgan fingerprint density at radius 3 is 2.80 bits per heavy atom. The van der Waals surface area contributed by atoms with E-state index in [0.717, 1.165) is 25.0 Å². The molecule has 0 bridgehead atoms. The molecule has 2 fully saturated rings. The van der Waals surface area contributed by atoms with Crippen molar-refractivity contribution in [2.24, 2.45) is 0 Å². The second kappa shape index (κ2) is 4.80. The Morgan fingerprint density at radius 2 is 2.25 bits per heavy atom. The van der Waals surface area contributed by atoms with Gasteiger partial charge in [0.05, 0.1) is 10.5 Å². The minimum atomic E-state index is -2.98. The van der Waals surface area contributed by atoms with Crippen LogP contribution in [0.1, 0.15) is 47.6 Å². The van der Waals surface area contributed by atoms with E-state index >= 15 is 0 Å². The molecule has 110 valence electrons. The SMILES string of the molecule is Cc1csc(C(=O)NC2CCS(=O)(=O)C3(CCC3)C2)n1. The van der Waals surface area contributed by atoms with Gasteiger partial charge in [0.25, 0.3) is 5.91 Å². The highest BCUT2D eigenvalue weighted by Gasteiger charge is 2.52. The fourth-order valence-electron chi connectivity index (χ4n) is 3.11. The van der Waals surface area contributed by atoms with Gasteiger partial charge in [-0.2, -0.15) is 0 Å². The summed E-state index contributed by atoms with van der Waals surface area (Å²) in [5.41, 5.74) is 0.835. The Labute approximate surface area is 122 Å². The van der Waals surface area contributed by atoms with Crippen LogP contribution >= 0.6 is 11.3 Å². The fraction of sp³-hybridized carbons (Fsp3) is 0.692. The number of aromatic nitrogens is 1. The first-order valence-electron chi connectivity index (χ1n) is 6.87. The molecule has 20 heavy (non-hydrogen) atoms. The maximum atomic E-state index is 12.2. The predicted octanol–water partition coefficient (Wildman–Crippen LogP) is 1.68. The quantitative estimate of drug-likeness (QED) is 0.901. The number of thiazole rings is 1. The number of carbonyl (C=O) groups excluding carboxylic acids is 1. The van der Waals surface area contributed by atoms with Gasteiger partial charge in [-0.1, -0.05) is 6.42 Å². The number of hydrogen-bond donors (Lipinski definition) is 1. The molecule has 1 amide bonds. The molecule has 1 saturated heterocycles. The van der Waals surface area contributed by atoms with Crippen LogP contribution in [0.5, 0.6) is 0 Å². The van der Waals surface area contributed by atoms with E-state index in [9.17, 15) is 13.2 Å². The number of hydrogen-bond acceptors (Lipinski definition) is 5. The minimum absolute atomic E-state index is 0.0458. The van der Waals surface area contributed by atoms with Crippen LogP contribution in [0.4, 0.5) is 0 Å². The van der Waals surface area contributed by atoms with E-state index in [1.165, 1.54) is 11.3 Å². The molecule has 2 aliphatic rings. The van der Waals surface area contributed by atoms with Gasteiger partial charge in [-0.05, 0) is 32.6 Å². The summed E-state index contributed by atoms with van der Waals surface area (Å²) in [6.45, 7) is 1.85. The molecule has 5 nitrogen and oxygen atoms in total. The maximum Gasteiger partial charge on any atom is 0.280 e. The molecule has 1 unspecified atom stereocenters. The van der Waals surface area contributed by atoms with Crippen molar-refractivity contribution in [3.63, 3.8) is 0 Å². The number of rotatable bonds is 2. The summed E-state index contributed by atoms with van der Waals surface area (Å²) in [6, 6.07) is -0.0458. The lowest BCUT2D eigenvalue weighted by Crippen LogP contribution is -2.55. The van der Waals surface area contributed by atoms with Crippen molar-refractivity contribution >= 4 is 27.1 Å². The minimum Gasteiger partial charge on any atom is -0.347 e. The topological polar surface area (TPSA) is 76.1 Å². The molecule has 7 heteroatoms. The van der Waals surface area contributed by atoms with Gasteiger partial charge >= 0.3 is 0 Å². The van der Waals surface area contributed by atoms with Crippen LogP contribution < -0.4 is 5.32 Å². The zero-order chi connectivity index (χ0) is 14.4. The van der Waals surface area contributed by atoms with Gasteiger partial charge in [0.2, 0.25) is 0 Å². The standard InChI is InChI=1S/C13H18N2O3S2/c1-9-8-19-12(14-9)11(16)15-10-3-6-20(17,18)13(7-10)4-2-5-13/h8,10H,2-7H2,1H3,(H,15,16). The number of aryl methyl sites for hydroxylation is 1. The van der Waals surface area contributed by atoms with Gasteiger partial charge in [-0.15, -0.1) is 11.3 Å². The lowest BCUT2D eigenvalue weighted by Gasteiger charge is -2.46. The van der Waals surface area contributed by atoms with Crippen LogP contribution in [0.3, 0.4) is 0 Å². The summed E-state index contributed by atoms with van der Waals surface area (Å²) in [5.74, 6) is 0.0105. The highest BCUT2D eigenvalue weighted by atomic mass is 32.2. The zero-order valence-electron chi connectivity index (χ0n) is 11.4. The Hall–Kier alpha value is -0.950. The van der Waals surface area contributed by atoms with Crippen LogP contribution in [0.25, 0.3) is 0 Å². The molecule has 1 N–H and O–H groups in total. The lowest BCUT2D eigenvalue weighted by atomic mass is 9.79. The molecule has 0 radical (unpaired) electrons. The molecular weight excluding hydrogens is 296 g/mol. The van der Waals surface area contributed by atoms with Gasteiger partial charge in [-0.25, -0.2) is 13.4 Å². The number of amides is 1. The third kappa shape index (κ3) is 2.26. The van der Waals surface area contributed by atoms with Crippen LogP contribution in [-0.2, 0) is 9.84 Å². The third-order valence-corrected chi connectivity index (χ3v) is 8.05. The second-order valence-electron chi connectivity index (χ2n) is 5.81. The summed E-state index contributed by atoms with van der Waals surface area (Å²) >= 11 is 1.32. The molecule has 0 aromatic carbocycles. The van der Waals surface area contributed by atoms with E-state index in [4.69, 9.17) is 0 Å². The molecule has 1 atom stereocenters. The van der Waals surface area contributed by atoms with Gasteiger partial charge in [0.1, 0.15) is 0 Å². The second-order valence-corrected chi connectivity index (χ2v) is 9.17. The first-order chi connectivity index (χ1) is 9.42. The lowest BCUT2D eigenvalue weighted by molar-refractivity contribution is 0.0923. The highest BCUT2D eigenvalue weighted by molar-refractivity contribution is 7.92. The van der Waals surface area contributed by atoms with E-state index in [-0.39, 0.29) is 17.7 Å². The fourth-order valence-corrected chi connectivity index (χ4v) is 6.20. The summed E-state index contributed by atoms with van der Waals surface area (Å²) in [7, 11) is -2.98. The van der Waals surface area contributed by atoms with Crippen molar-refractivity contribution < 1.29 is 13.2 Å². The van der Waals surface area contributed by atoms with E-state index in [1.54, 1.807) is 0 Å². The van der Waals surface area contributed by atoms with Crippen LogP contribution in [0.15, 0.2) is 5.38 Å². The Morgan fingerprint density at radius 1 is 1.50 bits per heavy atom. The Kier molecular flexibility index (Phi) is 3.36. The number of nitrogens with zero attached hydrogens (tertiary/aromatic N) is 1. The first kappa shape index (κ1) is 14.0. The molecule has 1 saturated carbocycles. The van der Waals surface area contributed by atoms with E-state index in [2.05, 4.69) is 10.3 Å². The van der Waals surface area contributed by atoms with Gasteiger partial charge in [0, 0.05) is 17.1 Å². The monoisotopic (exact) mass is 314 g/mol. The van der Waals surface area contributed by atoms with Gasteiger partial charge in [0.15, 0.2) is 14.8 Å². The van der Waals surface area contributed by atoms with E-state index in [0.29, 0.717) is 17.8 Å². The largest absolute Gasteiger partial charge is 0.347 e. The molecule has 1 aliphatic heterocycles. The summed E-state index contributed by atoms with van der Waals surface area (Å²) in [5, 5.41) is 5.25. The Balaban J connectivity index is 1.69. The summed E-state index contributed by atoms with van der Waals surface area (Å²) < 4.78 is 23.8. The normalized spacial score (nSPS) is 26.9. The van der Waals surface area contributed by atoms with Crippen molar-refractivity contribution in [3.8, 4) is 0 Å². The number of sulfone groups is 1. The maximum absolute atomic E-state index is 12.2. The van der Waals surface area contributed by atoms with Gasteiger partial charge in [-0.3, -0.25) is 4.79 Å². The molecule has 1 spiro atoms. The van der Waals surface area contributed by atoms with Crippen LogP contribution in [0, 0.1) is 6.92 Å². The smallest absolute Gasteiger partial charge is 0.280 e. The van der Waals surface area contributed by atoms with Gasteiger partial charge < -0.3 is 5.32 Å². The third-order valence-electron chi connectivity index (χ3n) is 4.43.